The highest BCUT2D eigenvalue weighted by molar-refractivity contribution is 6.46. The Labute approximate surface area is 213 Å². The van der Waals surface area contributed by atoms with Crippen LogP contribution in [0.4, 0.5) is 0 Å². The summed E-state index contributed by atoms with van der Waals surface area (Å²) in [5.41, 5.74) is 2.11. The monoisotopic (exact) mass is 492 g/mol. The van der Waals surface area contributed by atoms with Crippen molar-refractivity contribution in [2.24, 2.45) is 0 Å². The summed E-state index contributed by atoms with van der Waals surface area (Å²) in [6.45, 7) is 9.56. The van der Waals surface area contributed by atoms with Crippen LogP contribution in [0.3, 0.4) is 0 Å². The molecule has 0 bridgehead atoms. The van der Waals surface area contributed by atoms with Crippen LogP contribution in [-0.4, -0.2) is 67.0 Å². The van der Waals surface area contributed by atoms with Gasteiger partial charge in [0.1, 0.15) is 23.9 Å². The Hall–Kier alpha value is -3.58. The van der Waals surface area contributed by atoms with Crippen molar-refractivity contribution in [1.29, 1.82) is 0 Å². The lowest BCUT2D eigenvalue weighted by Gasteiger charge is -2.26. The van der Waals surface area contributed by atoms with E-state index in [9.17, 15) is 14.7 Å². The molecule has 0 radical (unpaired) electrons. The predicted molar refractivity (Wildman–Crippen MR) is 141 cm³/mol. The number of aryl methyl sites for hydroxylation is 1. The van der Waals surface area contributed by atoms with Gasteiger partial charge in [-0.1, -0.05) is 38.1 Å². The fraction of sp³-hybridized carbons (Fsp3) is 0.379. The summed E-state index contributed by atoms with van der Waals surface area (Å²) in [4.78, 5) is 29.8. The molecule has 1 amide bonds. The van der Waals surface area contributed by atoms with Gasteiger partial charge in [-0.15, -0.1) is 0 Å². The third kappa shape index (κ3) is 6.15. The van der Waals surface area contributed by atoms with Crippen molar-refractivity contribution in [2.75, 3.05) is 40.4 Å². The van der Waals surface area contributed by atoms with E-state index in [1.807, 2.05) is 38.1 Å². The van der Waals surface area contributed by atoms with Crippen LogP contribution in [0.15, 0.2) is 60.7 Å². The molecular weight excluding hydrogens is 456 g/mol. The molecule has 0 aromatic heterocycles. The molecule has 1 aliphatic rings. The summed E-state index contributed by atoms with van der Waals surface area (Å²) in [6, 6.07) is 11.8. The fourth-order valence-electron chi connectivity index (χ4n) is 4.11. The van der Waals surface area contributed by atoms with E-state index in [-0.39, 0.29) is 11.3 Å². The molecule has 1 unspecified atom stereocenters. The number of ether oxygens (including phenoxy) is 2. The molecule has 2 aromatic rings. The van der Waals surface area contributed by atoms with Crippen LogP contribution in [0.5, 0.6) is 11.5 Å². The van der Waals surface area contributed by atoms with E-state index in [1.165, 1.54) is 4.90 Å². The highest BCUT2D eigenvalue weighted by Gasteiger charge is 2.45. The van der Waals surface area contributed by atoms with E-state index in [1.54, 1.807) is 36.4 Å². The second kappa shape index (κ2) is 12.4. The Morgan fingerprint density at radius 3 is 2.47 bits per heavy atom. The SMILES string of the molecule is C=CCOc1ccc(C2C(=C(O)c3ccc(OCCCC)c(C)c3)C(=O)C(=O)N2CCN(C)C)cc1. The van der Waals surface area contributed by atoms with Crippen LogP contribution in [0.1, 0.15) is 42.5 Å². The van der Waals surface area contributed by atoms with Gasteiger partial charge in [-0.25, -0.2) is 0 Å². The maximum absolute atomic E-state index is 13.2. The molecule has 192 valence electrons. The van der Waals surface area contributed by atoms with Crippen LogP contribution < -0.4 is 9.47 Å². The summed E-state index contributed by atoms with van der Waals surface area (Å²) < 4.78 is 11.4. The van der Waals surface area contributed by atoms with Crippen molar-refractivity contribution in [3.05, 3.63) is 77.4 Å². The van der Waals surface area contributed by atoms with Crippen molar-refractivity contribution in [3.63, 3.8) is 0 Å². The molecule has 1 N–H and O–H groups in total. The Morgan fingerprint density at radius 2 is 1.86 bits per heavy atom. The third-order valence-corrected chi connectivity index (χ3v) is 6.10. The smallest absolute Gasteiger partial charge is 0.295 e. The minimum absolute atomic E-state index is 0.0811. The first-order valence-electron chi connectivity index (χ1n) is 12.3. The van der Waals surface area contributed by atoms with Crippen molar-refractivity contribution in [1.82, 2.24) is 9.80 Å². The number of carbonyl (C=O) groups is 2. The van der Waals surface area contributed by atoms with E-state index >= 15 is 0 Å². The molecule has 2 aromatic carbocycles. The molecule has 36 heavy (non-hydrogen) atoms. The minimum Gasteiger partial charge on any atom is -0.507 e. The molecule has 1 saturated heterocycles. The zero-order chi connectivity index (χ0) is 26.2. The van der Waals surface area contributed by atoms with Gasteiger partial charge in [0.05, 0.1) is 18.2 Å². The van der Waals surface area contributed by atoms with Crippen molar-refractivity contribution in [3.8, 4) is 11.5 Å². The summed E-state index contributed by atoms with van der Waals surface area (Å²) in [5, 5.41) is 11.3. The van der Waals surface area contributed by atoms with Gasteiger partial charge in [-0.05, 0) is 68.9 Å². The number of hydrogen-bond acceptors (Lipinski definition) is 6. The van der Waals surface area contributed by atoms with E-state index in [0.29, 0.717) is 37.6 Å². The second-order valence-corrected chi connectivity index (χ2v) is 9.15. The molecule has 1 atom stereocenters. The lowest BCUT2D eigenvalue weighted by atomic mass is 9.94. The molecule has 1 fully saturated rings. The first kappa shape index (κ1) is 27.0. The summed E-state index contributed by atoms with van der Waals surface area (Å²) >= 11 is 0. The van der Waals surface area contributed by atoms with Crippen LogP contribution in [0.2, 0.25) is 0 Å². The Morgan fingerprint density at radius 1 is 1.14 bits per heavy atom. The highest BCUT2D eigenvalue weighted by atomic mass is 16.5. The average Bonchev–Trinajstić information content (AvgIpc) is 3.12. The Bertz CT molecular complexity index is 1120. The number of likely N-dealkylation sites (tertiary alicyclic amines) is 1. The number of ketones is 1. The highest BCUT2D eigenvalue weighted by Crippen LogP contribution is 2.40. The lowest BCUT2D eigenvalue weighted by molar-refractivity contribution is -0.140. The fourth-order valence-corrected chi connectivity index (χ4v) is 4.11. The first-order chi connectivity index (χ1) is 17.3. The minimum atomic E-state index is -0.709. The van der Waals surface area contributed by atoms with Gasteiger partial charge in [0.2, 0.25) is 0 Å². The number of rotatable bonds is 12. The number of Topliss-reactive ketones (excluding diaryl/α,β-unsaturated/α-hetero) is 1. The number of nitrogens with zero attached hydrogens (tertiary/aromatic N) is 2. The van der Waals surface area contributed by atoms with Gasteiger partial charge in [0.25, 0.3) is 11.7 Å². The summed E-state index contributed by atoms with van der Waals surface area (Å²) in [6.07, 6.45) is 3.65. The van der Waals surface area contributed by atoms with Crippen LogP contribution >= 0.6 is 0 Å². The number of hydrogen-bond donors (Lipinski definition) is 1. The number of aliphatic hydroxyl groups excluding tert-OH is 1. The molecule has 0 saturated carbocycles. The van der Waals surface area contributed by atoms with Gasteiger partial charge in [-0.3, -0.25) is 9.59 Å². The van der Waals surface area contributed by atoms with Gasteiger partial charge in [0, 0.05) is 18.7 Å². The molecule has 1 aliphatic heterocycles. The third-order valence-electron chi connectivity index (χ3n) is 6.10. The molecular formula is C29H36N2O5. The number of amides is 1. The number of aliphatic hydroxyl groups is 1. The molecule has 3 rings (SSSR count). The predicted octanol–water partition coefficient (Wildman–Crippen LogP) is 4.72. The van der Waals surface area contributed by atoms with Crippen LogP contribution in [0, 0.1) is 6.92 Å². The van der Waals surface area contributed by atoms with Crippen molar-refractivity contribution in [2.45, 2.75) is 32.7 Å². The quantitative estimate of drug-likeness (QED) is 0.152. The van der Waals surface area contributed by atoms with Crippen molar-refractivity contribution >= 4 is 17.4 Å². The number of unbranched alkanes of at least 4 members (excludes halogenated alkanes) is 1. The summed E-state index contributed by atoms with van der Waals surface area (Å²) in [7, 11) is 3.81. The number of carbonyl (C=O) groups excluding carboxylic acids is 2. The lowest BCUT2D eigenvalue weighted by Crippen LogP contribution is -2.35. The zero-order valence-electron chi connectivity index (χ0n) is 21.6. The molecule has 1 heterocycles. The van der Waals surface area contributed by atoms with Crippen LogP contribution in [-0.2, 0) is 9.59 Å². The van der Waals surface area contributed by atoms with Gasteiger partial charge in [0.15, 0.2) is 0 Å². The maximum atomic E-state index is 13.2. The zero-order valence-corrected chi connectivity index (χ0v) is 21.6. The molecule has 7 heteroatoms. The van der Waals surface area contributed by atoms with Gasteiger partial charge in [-0.2, -0.15) is 0 Å². The molecule has 7 nitrogen and oxygen atoms in total. The first-order valence-corrected chi connectivity index (χ1v) is 12.3. The average molecular weight is 493 g/mol. The molecule has 0 aliphatic carbocycles. The van der Waals surface area contributed by atoms with Crippen LogP contribution in [0.25, 0.3) is 5.76 Å². The normalized spacial score (nSPS) is 17.0. The second-order valence-electron chi connectivity index (χ2n) is 9.15. The maximum Gasteiger partial charge on any atom is 0.295 e. The largest absolute Gasteiger partial charge is 0.507 e. The summed E-state index contributed by atoms with van der Waals surface area (Å²) in [5.74, 6) is -0.118. The van der Waals surface area contributed by atoms with E-state index in [0.717, 1.165) is 29.7 Å². The van der Waals surface area contributed by atoms with Gasteiger partial charge < -0.3 is 24.4 Å². The number of benzene rings is 2. The van der Waals surface area contributed by atoms with Gasteiger partial charge >= 0.3 is 0 Å². The van der Waals surface area contributed by atoms with E-state index in [4.69, 9.17) is 9.47 Å². The molecule has 0 spiro atoms. The van der Waals surface area contributed by atoms with Crippen molar-refractivity contribution < 1.29 is 24.2 Å². The Balaban J connectivity index is 2.03. The Kier molecular flexibility index (Phi) is 9.31. The standard InChI is InChI=1S/C29H36N2O5/c1-6-8-18-36-24-14-11-22(19-20(24)3)27(32)25-26(21-9-12-23(13-10-21)35-17-7-2)31(16-15-30(4)5)29(34)28(25)33/h7,9-14,19,26,32H,2,6,8,15-18H2,1,3-5H3. The topological polar surface area (TPSA) is 79.3 Å². The number of likely N-dealkylation sites (N-methyl/N-ethyl adjacent to an activating group) is 1. The van der Waals surface area contributed by atoms with E-state index < -0.39 is 17.7 Å². The van der Waals surface area contributed by atoms with E-state index in [2.05, 4.69) is 13.5 Å².